The van der Waals surface area contributed by atoms with E-state index < -0.39 is 6.60 Å². The van der Waals surface area contributed by atoms with Crippen molar-refractivity contribution in [3.63, 3.8) is 0 Å². The standard InChI is InChI=1S/C32H53P.ClH/c1-4-5-6-7-8-9-10-11-12-13-14-15-16-23-28-33(2,3,29-31-24-19-17-20-25-31)30-32-26-21-18-22-27-32;/h17-22,24-27H,4-16,23,28-30H2,1-3H3;1H. The van der Waals surface area contributed by atoms with Gasteiger partial charge in [-0.25, -0.2) is 0 Å². The minimum absolute atomic E-state index is 0. The quantitative estimate of drug-likeness (QED) is 0.132. The van der Waals surface area contributed by atoms with Crippen LogP contribution < -0.4 is 0 Å². The van der Waals surface area contributed by atoms with Crippen LogP contribution in [0.3, 0.4) is 0 Å². The number of hydrogen-bond donors (Lipinski definition) is 0. The zero-order chi connectivity index (χ0) is 23.7. The van der Waals surface area contributed by atoms with E-state index in [1.54, 1.807) is 0 Å². The molecule has 0 spiro atoms. The first-order chi connectivity index (χ1) is 16.0. The van der Waals surface area contributed by atoms with Gasteiger partial charge < -0.3 is 0 Å². The van der Waals surface area contributed by atoms with Crippen LogP contribution in [0, 0.1) is 0 Å². The third-order valence-electron chi connectivity index (χ3n) is 7.41. The maximum absolute atomic E-state index is 2.66. The second-order valence-electron chi connectivity index (χ2n) is 11.6. The Kier molecular flexibility index (Phi) is 16.1. The Labute approximate surface area is 219 Å². The molecule has 0 aromatic heterocycles. The summed E-state index contributed by atoms with van der Waals surface area (Å²) in [6, 6.07) is 22.5. The molecule has 0 nitrogen and oxygen atoms in total. The molecule has 0 bridgehead atoms. The Morgan fingerprint density at radius 2 is 0.794 bits per heavy atom. The first-order valence-corrected chi connectivity index (χ1v) is 17.8. The van der Waals surface area contributed by atoms with Crippen LogP contribution in [-0.4, -0.2) is 19.5 Å². The second kappa shape index (κ2) is 17.6. The van der Waals surface area contributed by atoms with Gasteiger partial charge in [-0.2, -0.15) is 0 Å². The molecule has 34 heavy (non-hydrogen) atoms. The molecule has 0 aliphatic rings. The van der Waals surface area contributed by atoms with E-state index in [1.807, 2.05) is 0 Å². The third-order valence-corrected chi connectivity index (χ3v) is 12.1. The molecular weight excluding hydrogens is 451 g/mol. The van der Waals surface area contributed by atoms with Crippen LogP contribution in [0.25, 0.3) is 0 Å². The van der Waals surface area contributed by atoms with E-state index in [0.717, 1.165) is 0 Å². The van der Waals surface area contributed by atoms with Crippen molar-refractivity contribution in [3.05, 3.63) is 71.8 Å². The van der Waals surface area contributed by atoms with Gasteiger partial charge in [0.15, 0.2) is 0 Å². The largest absolute Gasteiger partial charge is 0.147 e. The van der Waals surface area contributed by atoms with Crippen molar-refractivity contribution in [2.75, 3.05) is 19.5 Å². The minimum atomic E-state index is -1.82. The maximum atomic E-state index is 2.66. The van der Waals surface area contributed by atoms with Crippen LogP contribution in [0.15, 0.2) is 60.7 Å². The molecule has 2 rings (SSSR count). The number of benzene rings is 2. The van der Waals surface area contributed by atoms with Gasteiger partial charge in [-0.05, 0) is 0 Å². The van der Waals surface area contributed by atoms with Crippen molar-refractivity contribution in [1.29, 1.82) is 0 Å². The van der Waals surface area contributed by atoms with Crippen LogP contribution in [0.4, 0.5) is 0 Å². The van der Waals surface area contributed by atoms with Gasteiger partial charge in [-0.1, -0.05) is 26.2 Å². The van der Waals surface area contributed by atoms with E-state index in [1.165, 1.54) is 120 Å². The average Bonchev–Trinajstić information content (AvgIpc) is 2.80. The number of halogens is 1. The van der Waals surface area contributed by atoms with E-state index in [4.69, 9.17) is 0 Å². The number of hydrogen-bond acceptors (Lipinski definition) is 0. The van der Waals surface area contributed by atoms with E-state index >= 15 is 0 Å². The average molecular weight is 505 g/mol. The Balaban J connectivity index is 0.00000578. The Morgan fingerprint density at radius 3 is 1.15 bits per heavy atom. The van der Waals surface area contributed by atoms with Gasteiger partial charge in [0.05, 0.1) is 0 Å². The van der Waals surface area contributed by atoms with Crippen LogP contribution in [-0.2, 0) is 12.3 Å². The number of rotatable bonds is 19. The fourth-order valence-electron chi connectivity index (χ4n) is 5.47. The second-order valence-corrected chi connectivity index (χ2v) is 18.7. The van der Waals surface area contributed by atoms with Gasteiger partial charge in [0, 0.05) is 0 Å². The van der Waals surface area contributed by atoms with Crippen molar-refractivity contribution in [3.8, 4) is 0 Å². The summed E-state index contributed by atoms with van der Waals surface area (Å²) in [5.74, 6) is 0. The summed E-state index contributed by atoms with van der Waals surface area (Å²) >= 11 is 0. The monoisotopic (exact) mass is 504 g/mol. The maximum Gasteiger partial charge on any atom is -0.147 e. The molecule has 0 heterocycles. The van der Waals surface area contributed by atoms with Crippen LogP contribution in [0.1, 0.15) is 108 Å². The van der Waals surface area contributed by atoms with Gasteiger partial charge in [0.25, 0.3) is 0 Å². The fourth-order valence-corrected chi connectivity index (χ4v) is 10.1. The number of unbranched alkanes of at least 4 members (excludes halogenated alkanes) is 13. The molecule has 0 radical (unpaired) electrons. The van der Waals surface area contributed by atoms with E-state index in [9.17, 15) is 0 Å². The molecule has 0 aliphatic carbocycles. The van der Waals surface area contributed by atoms with Crippen LogP contribution >= 0.6 is 19.0 Å². The first kappa shape index (κ1) is 31.2. The molecule has 0 unspecified atom stereocenters. The molecule has 2 heteroatoms. The van der Waals surface area contributed by atoms with E-state index in [-0.39, 0.29) is 12.4 Å². The van der Waals surface area contributed by atoms with Crippen molar-refractivity contribution in [1.82, 2.24) is 0 Å². The summed E-state index contributed by atoms with van der Waals surface area (Å²) in [6.07, 6.45) is 24.1. The Bertz CT molecular complexity index is 680. The van der Waals surface area contributed by atoms with Crippen molar-refractivity contribution < 1.29 is 0 Å². The zero-order valence-corrected chi connectivity index (χ0v) is 24.4. The topological polar surface area (TPSA) is 0 Å². The van der Waals surface area contributed by atoms with Crippen molar-refractivity contribution in [2.24, 2.45) is 0 Å². The van der Waals surface area contributed by atoms with Gasteiger partial charge in [-0.15, -0.1) is 12.4 Å². The molecule has 0 amide bonds. The van der Waals surface area contributed by atoms with E-state index in [2.05, 4.69) is 80.9 Å². The minimum Gasteiger partial charge on any atom is -0.147 e. The smallest absolute Gasteiger partial charge is 0.147 e. The SMILES string of the molecule is CCCCCCCCCCCCCCCCP(C)(C)(Cc1ccccc1)Cc1ccccc1.Cl. The molecule has 0 fully saturated rings. The van der Waals surface area contributed by atoms with Gasteiger partial charge in [-0.3, -0.25) is 0 Å². The summed E-state index contributed by atoms with van der Waals surface area (Å²) in [4.78, 5) is 0. The molecular formula is C32H54ClP. The van der Waals surface area contributed by atoms with Crippen molar-refractivity contribution >= 4 is 19.0 Å². The normalized spacial score (nSPS) is 12.6. The predicted molar refractivity (Wildman–Crippen MR) is 161 cm³/mol. The first-order valence-electron chi connectivity index (χ1n) is 14.1. The van der Waals surface area contributed by atoms with E-state index in [0.29, 0.717) is 0 Å². The van der Waals surface area contributed by atoms with Gasteiger partial charge in [0.2, 0.25) is 0 Å². The molecule has 0 aliphatic heterocycles. The Morgan fingerprint density at radius 1 is 0.471 bits per heavy atom. The summed E-state index contributed by atoms with van der Waals surface area (Å²) < 4.78 is 0. The molecule has 0 N–H and O–H groups in total. The van der Waals surface area contributed by atoms with Crippen LogP contribution in [0.5, 0.6) is 0 Å². The van der Waals surface area contributed by atoms with Gasteiger partial charge in [0.1, 0.15) is 0 Å². The molecule has 2 aromatic rings. The predicted octanol–water partition coefficient (Wildman–Crippen LogP) is 11.1. The molecule has 0 saturated heterocycles. The molecule has 0 atom stereocenters. The summed E-state index contributed by atoms with van der Waals surface area (Å²) in [6.45, 7) is 5.80. The fraction of sp³-hybridized carbons (Fsp3) is 0.625. The van der Waals surface area contributed by atoms with Crippen molar-refractivity contribution in [2.45, 2.75) is 109 Å². The summed E-state index contributed by atoms with van der Waals surface area (Å²) in [5, 5.41) is 0. The summed E-state index contributed by atoms with van der Waals surface area (Å²) in [5.41, 5.74) is 3.06. The third kappa shape index (κ3) is 13.9. The molecule has 194 valence electrons. The van der Waals surface area contributed by atoms with Gasteiger partial charge >= 0.3 is 181 Å². The molecule has 2 aromatic carbocycles. The zero-order valence-electron chi connectivity index (χ0n) is 22.6. The molecule has 0 saturated carbocycles. The Hall–Kier alpha value is -0.840. The van der Waals surface area contributed by atoms with Crippen LogP contribution in [0.2, 0.25) is 0 Å². The summed E-state index contributed by atoms with van der Waals surface area (Å²) in [7, 11) is 0.